The molecule has 1 heterocycles. The lowest BCUT2D eigenvalue weighted by molar-refractivity contribution is 0.272. The molecule has 0 aliphatic rings. The molecule has 0 radical (unpaired) electrons. The molecule has 4 nitrogen and oxygen atoms in total. The third-order valence-corrected chi connectivity index (χ3v) is 2.50. The van der Waals surface area contributed by atoms with Crippen molar-refractivity contribution in [3.05, 3.63) is 47.1 Å². The van der Waals surface area contributed by atoms with Crippen molar-refractivity contribution in [2.45, 2.75) is 20.0 Å². The van der Waals surface area contributed by atoms with Crippen LogP contribution in [-0.4, -0.2) is 11.7 Å². The predicted molar refractivity (Wildman–Crippen MR) is 64.7 cm³/mol. The first-order valence-corrected chi connectivity index (χ1v) is 5.73. The second-order valence-electron chi connectivity index (χ2n) is 3.98. The summed E-state index contributed by atoms with van der Waals surface area (Å²) in [5.74, 6) is 0.550. The van der Waals surface area contributed by atoms with Crippen molar-refractivity contribution in [1.29, 1.82) is 0 Å². The van der Waals surface area contributed by atoms with Crippen LogP contribution in [0.4, 0.5) is 4.39 Å². The Labute approximate surface area is 105 Å². The van der Waals surface area contributed by atoms with E-state index in [9.17, 15) is 4.39 Å². The van der Waals surface area contributed by atoms with Gasteiger partial charge in [-0.05, 0) is 31.5 Å². The van der Waals surface area contributed by atoms with Crippen LogP contribution in [0, 0.1) is 12.7 Å². The Morgan fingerprint density at radius 1 is 1.44 bits per heavy atom. The summed E-state index contributed by atoms with van der Waals surface area (Å²) in [5, 5.41) is 3.79. The molecule has 0 saturated carbocycles. The van der Waals surface area contributed by atoms with Crippen molar-refractivity contribution in [2.24, 2.45) is 5.73 Å². The number of rotatable bonds is 5. The molecule has 0 atom stereocenters. The highest BCUT2D eigenvalue weighted by atomic mass is 19.1. The lowest BCUT2D eigenvalue weighted by atomic mass is 10.1. The molecular formula is C13H15FN2O2. The van der Waals surface area contributed by atoms with Crippen molar-refractivity contribution in [2.75, 3.05) is 6.54 Å². The van der Waals surface area contributed by atoms with E-state index in [4.69, 9.17) is 15.0 Å². The number of aromatic nitrogens is 1. The van der Waals surface area contributed by atoms with Crippen molar-refractivity contribution >= 4 is 0 Å². The second kappa shape index (κ2) is 5.64. The summed E-state index contributed by atoms with van der Waals surface area (Å²) in [6.07, 6.45) is 0.574. The number of nitrogens with two attached hydrogens (primary N) is 1. The molecule has 5 heteroatoms. The van der Waals surface area contributed by atoms with Crippen molar-refractivity contribution in [3.8, 4) is 5.75 Å². The Hall–Kier alpha value is -1.88. The summed E-state index contributed by atoms with van der Waals surface area (Å²) in [6, 6.07) is 6.57. The fourth-order valence-corrected chi connectivity index (χ4v) is 1.70. The zero-order valence-corrected chi connectivity index (χ0v) is 10.1. The van der Waals surface area contributed by atoms with Crippen LogP contribution < -0.4 is 10.5 Å². The fraction of sp³-hybridized carbons (Fsp3) is 0.308. The molecular weight excluding hydrogens is 235 g/mol. The molecule has 2 aromatic rings. The largest absolute Gasteiger partial charge is 0.484 e. The summed E-state index contributed by atoms with van der Waals surface area (Å²) in [6.45, 7) is 2.41. The summed E-state index contributed by atoms with van der Waals surface area (Å²) < 4.78 is 24.1. The number of aryl methyl sites for hydroxylation is 1. The predicted octanol–water partition coefficient (Wildman–Crippen LogP) is 2.20. The van der Waals surface area contributed by atoms with E-state index in [2.05, 4.69) is 5.16 Å². The number of nitrogens with zero attached hydrogens (tertiary/aromatic N) is 1. The van der Waals surface area contributed by atoms with Crippen LogP contribution in [0.15, 0.2) is 28.8 Å². The zero-order valence-electron chi connectivity index (χ0n) is 10.1. The topological polar surface area (TPSA) is 61.3 Å². The van der Waals surface area contributed by atoms with Gasteiger partial charge in [0.1, 0.15) is 18.1 Å². The minimum Gasteiger partial charge on any atom is -0.484 e. The van der Waals surface area contributed by atoms with E-state index in [0.717, 1.165) is 5.56 Å². The van der Waals surface area contributed by atoms with E-state index in [-0.39, 0.29) is 18.2 Å². The van der Waals surface area contributed by atoms with Gasteiger partial charge < -0.3 is 15.0 Å². The third kappa shape index (κ3) is 2.87. The normalized spacial score (nSPS) is 10.6. The summed E-state index contributed by atoms with van der Waals surface area (Å²) in [4.78, 5) is 0. The number of hydrogen-bond donors (Lipinski definition) is 1. The maximum Gasteiger partial charge on any atom is 0.165 e. The number of para-hydroxylation sites is 1. The van der Waals surface area contributed by atoms with Gasteiger partial charge in [-0.3, -0.25) is 0 Å². The molecule has 0 spiro atoms. The van der Waals surface area contributed by atoms with Crippen LogP contribution in [0.3, 0.4) is 0 Å². The van der Waals surface area contributed by atoms with Crippen LogP contribution in [0.25, 0.3) is 0 Å². The molecule has 0 unspecified atom stereocenters. The summed E-state index contributed by atoms with van der Waals surface area (Å²) >= 11 is 0. The van der Waals surface area contributed by atoms with Gasteiger partial charge in [0.05, 0.1) is 0 Å². The number of benzene rings is 1. The maximum absolute atomic E-state index is 13.7. The van der Waals surface area contributed by atoms with Gasteiger partial charge in [-0.1, -0.05) is 17.3 Å². The van der Waals surface area contributed by atoms with Gasteiger partial charge in [-0.15, -0.1) is 0 Å². The number of ether oxygens (including phenoxy) is 1. The van der Waals surface area contributed by atoms with Crippen molar-refractivity contribution in [3.63, 3.8) is 0 Å². The van der Waals surface area contributed by atoms with Gasteiger partial charge in [0, 0.05) is 6.07 Å². The quantitative estimate of drug-likeness (QED) is 0.883. The Morgan fingerprint density at radius 2 is 2.28 bits per heavy atom. The molecule has 0 fully saturated rings. The van der Waals surface area contributed by atoms with Gasteiger partial charge in [0.15, 0.2) is 11.6 Å². The second-order valence-corrected chi connectivity index (χ2v) is 3.98. The van der Waals surface area contributed by atoms with Crippen LogP contribution in [0.2, 0.25) is 0 Å². The first kappa shape index (κ1) is 12.6. The summed E-state index contributed by atoms with van der Waals surface area (Å²) in [7, 11) is 0. The van der Waals surface area contributed by atoms with Gasteiger partial charge in [0.2, 0.25) is 0 Å². The number of halogens is 1. The van der Waals surface area contributed by atoms with E-state index >= 15 is 0 Å². The zero-order chi connectivity index (χ0) is 13.0. The first-order chi connectivity index (χ1) is 8.70. The van der Waals surface area contributed by atoms with Gasteiger partial charge in [-0.2, -0.15) is 0 Å². The van der Waals surface area contributed by atoms with Crippen LogP contribution >= 0.6 is 0 Å². The molecule has 18 heavy (non-hydrogen) atoms. The minimum atomic E-state index is -0.388. The van der Waals surface area contributed by atoms with Crippen LogP contribution in [0.1, 0.15) is 17.0 Å². The lowest BCUT2D eigenvalue weighted by Gasteiger charge is -2.10. The average molecular weight is 250 g/mol. The highest BCUT2D eigenvalue weighted by Gasteiger charge is 2.10. The fourth-order valence-electron chi connectivity index (χ4n) is 1.70. The van der Waals surface area contributed by atoms with E-state index < -0.39 is 0 Å². The minimum absolute atomic E-state index is 0.176. The SMILES string of the molecule is Cc1cc(COc2c(F)cccc2CCN)no1. The molecule has 2 N–H and O–H groups in total. The Morgan fingerprint density at radius 3 is 2.94 bits per heavy atom. The highest BCUT2D eigenvalue weighted by Crippen LogP contribution is 2.24. The molecule has 1 aromatic carbocycles. The van der Waals surface area contributed by atoms with E-state index in [1.54, 1.807) is 25.1 Å². The van der Waals surface area contributed by atoms with Crippen molar-refractivity contribution < 1.29 is 13.7 Å². The third-order valence-electron chi connectivity index (χ3n) is 2.50. The van der Waals surface area contributed by atoms with Gasteiger partial charge in [0.25, 0.3) is 0 Å². The highest BCUT2D eigenvalue weighted by molar-refractivity contribution is 5.35. The number of hydrogen-bond acceptors (Lipinski definition) is 4. The average Bonchev–Trinajstić information content (AvgIpc) is 2.75. The molecule has 1 aromatic heterocycles. The van der Waals surface area contributed by atoms with Crippen LogP contribution in [-0.2, 0) is 13.0 Å². The maximum atomic E-state index is 13.7. The van der Waals surface area contributed by atoms with E-state index in [0.29, 0.717) is 24.4 Å². The molecule has 0 saturated heterocycles. The first-order valence-electron chi connectivity index (χ1n) is 5.73. The van der Waals surface area contributed by atoms with Gasteiger partial charge >= 0.3 is 0 Å². The van der Waals surface area contributed by atoms with E-state index in [1.165, 1.54) is 6.07 Å². The molecule has 0 aliphatic carbocycles. The summed E-state index contributed by atoms with van der Waals surface area (Å²) in [5.41, 5.74) is 6.88. The standard InChI is InChI=1S/C13H15FN2O2/c1-9-7-11(16-18-9)8-17-13-10(5-6-15)3-2-4-12(13)14/h2-4,7H,5-6,8,15H2,1H3. The Balaban J connectivity index is 2.12. The Kier molecular flexibility index (Phi) is 3.94. The molecule has 2 rings (SSSR count). The monoisotopic (exact) mass is 250 g/mol. The lowest BCUT2D eigenvalue weighted by Crippen LogP contribution is -2.06. The Bertz CT molecular complexity index is 525. The van der Waals surface area contributed by atoms with Crippen molar-refractivity contribution in [1.82, 2.24) is 5.16 Å². The molecule has 0 bridgehead atoms. The smallest absolute Gasteiger partial charge is 0.165 e. The van der Waals surface area contributed by atoms with Crippen LogP contribution in [0.5, 0.6) is 5.75 Å². The molecule has 0 amide bonds. The molecule has 0 aliphatic heterocycles. The van der Waals surface area contributed by atoms with Gasteiger partial charge in [-0.25, -0.2) is 4.39 Å². The molecule has 96 valence electrons. The van der Waals surface area contributed by atoms with E-state index in [1.807, 2.05) is 0 Å².